The van der Waals surface area contributed by atoms with Gasteiger partial charge in [-0.1, -0.05) is 0 Å². The first-order valence-corrected chi connectivity index (χ1v) is 7.02. The average Bonchev–Trinajstić information content (AvgIpc) is 2.52. The number of carbonyl (C=O) groups is 2. The number of hydrogen-bond donors (Lipinski definition) is 2. The number of carboxylic acids is 2. The van der Waals surface area contributed by atoms with Gasteiger partial charge in [-0.25, -0.2) is 0 Å². The van der Waals surface area contributed by atoms with Crippen LogP contribution >= 0.6 is 0 Å². The Morgan fingerprint density at radius 1 is 1.12 bits per heavy atom. The molecule has 0 radical (unpaired) electrons. The van der Waals surface area contributed by atoms with Gasteiger partial charge >= 0.3 is 11.9 Å². The van der Waals surface area contributed by atoms with Crippen LogP contribution in [0.5, 0.6) is 17.2 Å². The molecule has 1 aromatic rings. The van der Waals surface area contributed by atoms with Crippen LogP contribution in [0.4, 0.5) is 0 Å². The summed E-state index contributed by atoms with van der Waals surface area (Å²) < 4.78 is 16.0. The standard InChI is InChI=1S/C15H20N2O7/c1-4-24-15-11(22-2)5-10(6-12(15)23-3)7-16-17(8-13(18)19)9-14(20)21/h5-7H,4,8-9H2,1-3H3,(H,18,19)(H,20,21)/b16-7-. The minimum Gasteiger partial charge on any atom is -0.493 e. The topological polar surface area (TPSA) is 118 Å². The van der Waals surface area contributed by atoms with Crippen molar-refractivity contribution in [3.05, 3.63) is 17.7 Å². The van der Waals surface area contributed by atoms with Crippen molar-refractivity contribution in [3.8, 4) is 17.2 Å². The first kappa shape index (κ1) is 19.1. The maximum absolute atomic E-state index is 10.8. The van der Waals surface area contributed by atoms with E-state index in [0.29, 0.717) is 29.4 Å². The average molecular weight is 340 g/mol. The van der Waals surface area contributed by atoms with Crippen molar-refractivity contribution in [1.82, 2.24) is 5.01 Å². The van der Waals surface area contributed by atoms with E-state index in [9.17, 15) is 9.59 Å². The molecule has 0 saturated heterocycles. The molecular weight excluding hydrogens is 320 g/mol. The maximum Gasteiger partial charge on any atom is 0.324 e. The lowest BCUT2D eigenvalue weighted by atomic mass is 10.2. The van der Waals surface area contributed by atoms with E-state index < -0.39 is 25.0 Å². The van der Waals surface area contributed by atoms with Crippen LogP contribution in [0, 0.1) is 0 Å². The van der Waals surface area contributed by atoms with E-state index in [1.807, 2.05) is 6.92 Å². The van der Waals surface area contributed by atoms with Gasteiger partial charge in [0, 0.05) is 5.56 Å². The summed E-state index contributed by atoms with van der Waals surface area (Å²) in [4.78, 5) is 21.5. The Kier molecular flexibility index (Phi) is 7.34. The normalized spacial score (nSPS) is 10.5. The lowest BCUT2D eigenvalue weighted by Crippen LogP contribution is -2.30. The van der Waals surface area contributed by atoms with Gasteiger partial charge in [0.25, 0.3) is 0 Å². The number of nitrogens with zero attached hydrogens (tertiary/aromatic N) is 2. The van der Waals surface area contributed by atoms with Gasteiger partial charge in [-0.15, -0.1) is 0 Å². The lowest BCUT2D eigenvalue weighted by Gasteiger charge is -2.15. The Morgan fingerprint density at radius 3 is 2.00 bits per heavy atom. The molecule has 0 aliphatic carbocycles. The summed E-state index contributed by atoms with van der Waals surface area (Å²) in [5, 5.41) is 22.4. The number of hydrogen-bond acceptors (Lipinski definition) is 7. The number of aliphatic carboxylic acids is 2. The quantitative estimate of drug-likeness (QED) is 0.476. The minimum absolute atomic E-state index is 0.417. The molecule has 0 spiro atoms. The van der Waals surface area contributed by atoms with E-state index in [2.05, 4.69) is 5.10 Å². The van der Waals surface area contributed by atoms with E-state index >= 15 is 0 Å². The zero-order valence-corrected chi connectivity index (χ0v) is 13.7. The molecule has 9 nitrogen and oxygen atoms in total. The van der Waals surface area contributed by atoms with Crippen molar-refractivity contribution >= 4 is 18.2 Å². The van der Waals surface area contributed by atoms with Crippen molar-refractivity contribution in [2.75, 3.05) is 33.9 Å². The van der Waals surface area contributed by atoms with Gasteiger partial charge in [0.2, 0.25) is 5.75 Å². The van der Waals surface area contributed by atoms with Crippen molar-refractivity contribution in [2.45, 2.75) is 6.92 Å². The second kappa shape index (κ2) is 9.23. The van der Waals surface area contributed by atoms with Gasteiger partial charge in [0.1, 0.15) is 13.1 Å². The minimum atomic E-state index is -1.18. The van der Waals surface area contributed by atoms with E-state index in [4.69, 9.17) is 24.4 Å². The lowest BCUT2D eigenvalue weighted by molar-refractivity contribution is -0.141. The molecule has 0 unspecified atom stereocenters. The fourth-order valence-electron chi connectivity index (χ4n) is 1.86. The van der Waals surface area contributed by atoms with Crippen LogP contribution in [0.3, 0.4) is 0 Å². The van der Waals surface area contributed by atoms with Crippen LogP contribution in [0.1, 0.15) is 12.5 Å². The Bertz CT molecular complexity index is 575. The summed E-state index contributed by atoms with van der Waals surface area (Å²) in [5.74, 6) is -1.10. The molecule has 0 atom stereocenters. The molecule has 0 fully saturated rings. The third kappa shape index (κ3) is 5.67. The molecule has 24 heavy (non-hydrogen) atoms. The summed E-state index contributed by atoms with van der Waals surface area (Å²) in [6.45, 7) is 1.18. The maximum atomic E-state index is 10.8. The molecule has 0 heterocycles. The van der Waals surface area contributed by atoms with Crippen molar-refractivity contribution in [3.63, 3.8) is 0 Å². The summed E-state index contributed by atoms with van der Waals surface area (Å²) in [7, 11) is 2.94. The smallest absolute Gasteiger partial charge is 0.324 e. The van der Waals surface area contributed by atoms with Crippen molar-refractivity contribution in [1.29, 1.82) is 0 Å². The summed E-state index contributed by atoms with van der Waals surface area (Å²) in [6.07, 6.45) is 1.33. The van der Waals surface area contributed by atoms with Crippen LogP contribution in [-0.4, -0.2) is 67.3 Å². The molecule has 0 bridgehead atoms. The Balaban J connectivity index is 3.11. The van der Waals surface area contributed by atoms with E-state index in [-0.39, 0.29) is 0 Å². The summed E-state index contributed by atoms with van der Waals surface area (Å²) in [5.41, 5.74) is 0.535. The van der Waals surface area contributed by atoms with Gasteiger partial charge in [-0.2, -0.15) is 5.10 Å². The number of hydrazone groups is 1. The molecule has 132 valence electrons. The molecule has 2 N–H and O–H groups in total. The molecule has 0 amide bonds. The second-order valence-electron chi connectivity index (χ2n) is 4.54. The fourth-order valence-corrected chi connectivity index (χ4v) is 1.86. The number of benzene rings is 1. The Morgan fingerprint density at radius 2 is 1.62 bits per heavy atom. The predicted octanol–water partition coefficient (Wildman–Crippen LogP) is 0.908. The highest BCUT2D eigenvalue weighted by atomic mass is 16.5. The molecular formula is C15H20N2O7. The molecule has 0 aromatic heterocycles. The third-order valence-corrected chi connectivity index (χ3v) is 2.78. The van der Waals surface area contributed by atoms with Gasteiger partial charge < -0.3 is 24.4 Å². The van der Waals surface area contributed by atoms with Crippen LogP contribution in [0.15, 0.2) is 17.2 Å². The first-order chi connectivity index (χ1) is 11.4. The molecule has 0 aliphatic rings. The second-order valence-corrected chi connectivity index (χ2v) is 4.54. The van der Waals surface area contributed by atoms with Crippen LogP contribution < -0.4 is 14.2 Å². The van der Waals surface area contributed by atoms with Gasteiger partial charge in [0.05, 0.1) is 27.0 Å². The zero-order valence-electron chi connectivity index (χ0n) is 13.7. The number of methoxy groups -OCH3 is 2. The van der Waals surface area contributed by atoms with E-state index in [1.165, 1.54) is 20.4 Å². The molecule has 0 aliphatic heterocycles. The highest BCUT2D eigenvalue weighted by molar-refractivity contribution is 5.82. The highest BCUT2D eigenvalue weighted by Gasteiger charge is 2.14. The Hall–Kier alpha value is -2.97. The van der Waals surface area contributed by atoms with Crippen molar-refractivity contribution < 1.29 is 34.0 Å². The van der Waals surface area contributed by atoms with E-state index in [1.54, 1.807) is 12.1 Å². The van der Waals surface area contributed by atoms with Gasteiger partial charge in [-0.05, 0) is 19.1 Å². The van der Waals surface area contributed by atoms with Crippen LogP contribution in [-0.2, 0) is 9.59 Å². The molecule has 0 saturated carbocycles. The van der Waals surface area contributed by atoms with Crippen molar-refractivity contribution in [2.24, 2.45) is 5.10 Å². The number of rotatable bonds is 10. The fraction of sp³-hybridized carbons (Fsp3) is 0.400. The van der Waals surface area contributed by atoms with Crippen LogP contribution in [0.25, 0.3) is 0 Å². The number of carboxylic acid groups (broad SMARTS) is 2. The highest BCUT2D eigenvalue weighted by Crippen LogP contribution is 2.38. The van der Waals surface area contributed by atoms with Gasteiger partial charge in [0.15, 0.2) is 11.5 Å². The SMILES string of the molecule is CCOc1c(OC)cc(/C=N\N(CC(=O)O)CC(=O)O)cc1OC. The molecule has 9 heteroatoms. The summed E-state index contributed by atoms with van der Waals surface area (Å²) in [6, 6.07) is 3.24. The summed E-state index contributed by atoms with van der Waals surface area (Å²) >= 11 is 0. The van der Waals surface area contributed by atoms with Crippen LogP contribution in [0.2, 0.25) is 0 Å². The largest absolute Gasteiger partial charge is 0.493 e. The number of ether oxygens (including phenoxy) is 3. The van der Waals surface area contributed by atoms with E-state index in [0.717, 1.165) is 5.01 Å². The van der Waals surface area contributed by atoms with Gasteiger partial charge in [-0.3, -0.25) is 14.6 Å². The molecule has 1 aromatic carbocycles. The predicted molar refractivity (Wildman–Crippen MR) is 85.2 cm³/mol. The third-order valence-electron chi connectivity index (χ3n) is 2.78. The first-order valence-electron chi connectivity index (χ1n) is 7.02. The Labute approximate surface area is 139 Å². The molecule has 1 rings (SSSR count). The monoisotopic (exact) mass is 340 g/mol. The zero-order chi connectivity index (χ0) is 18.1.